The lowest BCUT2D eigenvalue weighted by Crippen LogP contribution is -2.70. The molecule has 0 aliphatic carbocycles. The van der Waals surface area contributed by atoms with E-state index in [1.807, 2.05) is 32.0 Å². The Hall–Kier alpha value is -5.88. The molecule has 2 aromatic carbocycles. The first-order valence-corrected chi connectivity index (χ1v) is 22.2. The highest BCUT2D eigenvalue weighted by atomic mass is 35.5. The van der Waals surface area contributed by atoms with E-state index in [2.05, 4.69) is 30.7 Å². The molecule has 0 saturated carbocycles. The Morgan fingerprint density at radius 1 is 1.02 bits per heavy atom. The molecule has 0 radical (unpaired) electrons. The molecule has 64 heavy (non-hydrogen) atoms. The molecule has 3 N–H and O–H groups in total. The fraction of sp³-hybridized carbons (Fsp3) is 0.489. The van der Waals surface area contributed by atoms with Crippen molar-refractivity contribution >= 4 is 69.3 Å². The van der Waals surface area contributed by atoms with Gasteiger partial charge in [0.15, 0.2) is 18.2 Å². The van der Waals surface area contributed by atoms with Gasteiger partial charge < -0.3 is 39.5 Å². The number of nitrogens with zero attached hydrogens (tertiary/aromatic N) is 7. The molecular formula is C45H51ClF2N10O6. The van der Waals surface area contributed by atoms with Crippen LogP contribution >= 0.6 is 11.6 Å². The van der Waals surface area contributed by atoms with Crippen molar-refractivity contribution in [3.8, 4) is 5.75 Å². The predicted octanol–water partition coefficient (Wildman–Crippen LogP) is 4.72. The number of piperidine rings is 3. The molecule has 5 aliphatic heterocycles. The van der Waals surface area contributed by atoms with E-state index in [0.717, 1.165) is 24.8 Å². The number of likely N-dealkylation sites (tertiary alicyclic amines) is 1. The number of ether oxygens (including phenoxy) is 1. The second-order valence-corrected chi connectivity index (χ2v) is 18.4. The van der Waals surface area contributed by atoms with Crippen molar-refractivity contribution in [2.75, 3.05) is 74.6 Å². The number of benzene rings is 2. The van der Waals surface area contributed by atoms with Gasteiger partial charge in [-0.15, -0.1) is 0 Å². The van der Waals surface area contributed by atoms with Gasteiger partial charge in [-0.1, -0.05) is 17.7 Å². The molecule has 16 nitrogen and oxygen atoms in total. The lowest BCUT2D eigenvalue weighted by molar-refractivity contribution is -0.200. The van der Waals surface area contributed by atoms with E-state index in [9.17, 15) is 24.0 Å². The molecule has 338 valence electrons. The second-order valence-electron chi connectivity index (χ2n) is 18.0. The summed E-state index contributed by atoms with van der Waals surface area (Å²) in [6.07, 6.45) is 3.96. The molecule has 4 fully saturated rings. The summed E-state index contributed by atoms with van der Waals surface area (Å²) in [7, 11) is 1.50. The number of halogens is 3. The molecule has 1 unspecified atom stereocenters. The Bertz CT molecular complexity index is 2590. The molecular weight excluding hydrogens is 850 g/mol. The van der Waals surface area contributed by atoms with Crippen LogP contribution in [0.4, 0.5) is 31.9 Å². The van der Waals surface area contributed by atoms with E-state index in [1.165, 1.54) is 11.9 Å². The van der Waals surface area contributed by atoms with Crippen molar-refractivity contribution in [2.24, 2.45) is 11.3 Å². The monoisotopic (exact) mass is 900 g/mol. The first-order valence-electron chi connectivity index (χ1n) is 21.8. The Kier molecular flexibility index (Phi) is 11.5. The first kappa shape index (κ1) is 43.4. The molecule has 9 rings (SSSR count). The molecule has 2 aromatic heterocycles. The van der Waals surface area contributed by atoms with Crippen molar-refractivity contribution in [3.05, 3.63) is 75.2 Å². The van der Waals surface area contributed by atoms with Crippen molar-refractivity contribution in [1.29, 1.82) is 0 Å². The number of pyridine rings is 1. The van der Waals surface area contributed by atoms with E-state index in [0.29, 0.717) is 89.9 Å². The summed E-state index contributed by atoms with van der Waals surface area (Å²) < 4.78 is 39.7. The van der Waals surface area contributed by atoms with Crippen LogP contribution in [-0.2, 0) is 20.9 Å². The quantitative estimate of drug-likeness (QED) is 0.177. The zero-order valence-electron chi connectivity index (χ0n) is 36.0. The van der Waals surface area contributed by atoms with Gasteiger partial charge in [0.2, 0.25) is 17.8 Å². The number of hydrogen-bond donors (Lipinski definition) is 3. The molecule has 4 aromatic rings. The maximum atomic E-state index is 16.2. The Balaban J connectivity index is 0.794. The van der Waals surface area contributed by atoms with E-state index in [-0.39, 0.29) is 61.1 Å². The molecule has 4 saturated heterocycles. The van der Waals surface area contributed by atoms with E-state index in [1.54, 1.807) is 39.9 Å². The van der Waals surface area contributed by atoms with Crippen LogP contribution in [0, 0.1) is 11.3 Å². The molecule has 1 atom stereocenters. The number of carbonyl (C=O) groups is 4. The summed E-state index contributed by atoms with van der Waals surface area (Å²) in [6.45, 7) is 6.42. The SMILES string of the molecule is CNC(=O)COc1cc2cc(Nc3nc(N4CCC(CN5CC6(CCN(c7cccc8c7CN(C7CCC(=O)NC7=O)C8=O)CC6(F)F)C5)CC4)ncc3Cl)ccc2n(C(C)C)c1=O. The van der Waals surface area contributed by atoms with Gasteiger partial charge >= 0.3 is 0 Å². The third-order valence-electron chi connectivity index (χ3n) is 13.5. The van der Waals surface area contributed by atoms with Gasteiger partial charge in [0, 0.05) is 93.2 Å². The molecule has 7 heterocycles. The summed E-state index contributed by atoms with van der Waals surface area (Å²) in [6, 6.07) is 11.4. The minimum Gasteiger partial charge on any atom is -0.478 e. The molecule has 19 heteroatoms. The van der Waals surface area contributed by atoms with Crippen LogP contribution in [-0.4, -0.2) is 119 Å². The van der Waals surface area contributed by atoms with Crippen LogP contribution in [0.15, 0.2) is 53.5 Å². The molecule has 1 spiro atoms. The van der Waals surface area contributed by atoms with E-state index < -0.39 is 29.8 Å². The highest BCUT2D eigenvalue weighted by Gasteiger charge is 2.62. The van der Waals surface area contributed by atoms with Crippen LogP contribution in [0.2, 0.25) is 5.02 Å². The average molecular weight is 901 g/mol. The number of likely N-dealkylation sites (N-methyl/N-ethyl adjacent to an activating group) is 1. The predicted molar refractivity (Wildman–Crippen MR) is 237 cm³/mol. The number of alkyl halides is 2. The fourth-order valence-corrected chi connectivity index (χ4v) is 10.2. The van der Waals surface area contributed by atoms with Crippen LogP contribution < -0.4 is 36.0 Å². The minimum atomic E-state index is -2.95. The summed E-state index contributed by atoms with van der Waals surface area (Å²) in [4.78, 5) is 79.5. The van der Waals surface area contributed by atoms with Crippen molar-refractivity contribution in [3.63, 3.8) is 0 Å². The Morgan fingerprint density at radius 2 is 1.80 bits per heavy atom. The van der Waals surface area contributed by atoms with Gasteiger partial charge in [0.1, 0.15) is 11.1 Å². The zero-order valence-corrected chi connectivity index (χ0v) is 36.7. The standard InChI is InChI=1S/C45H51ClF2N10O6/c1-26(2)58-33-8-7-29(17-28(33)18-36(42(58)63)64-22-38(60)49-3)51-39-32(46)19-50-43(53-39)55-14-11-27(12-15-55)20-54-23-44(24-54)13-16-56(25-45(44,47)48)34-6-4-5-30-31(34)21-57(41(30)62)35-9-10-37(59)52-40(35)61/h4-8,17-19,26-27,35H,9-16,20-25H2,1-3H3,(H,49,60)(H,50,51,53)(H,52,59,61). The number of imide groups is 1. The smallest absolute Gasteiger partial charge is 0.293 e. The van der Waals surface area contributed by atoms with Gasteiger partial charge in [-0.2, -0.15) is 4.98 Å². The van der Waals surface area contributed by atoms with Gasteiger partial charge in [0.25, 0.3) is 23.3 Å². The highest BCUT2D eigenvalue weighted by molar-refractivity contribution is 6.33. The minimum absolute atomic E-state index is 0.0652. The van der Waals surface area contributed by atoms with E-state index in [4.69, 9.17) is 21.3 Å². The second kappa shape index (κ2) is 16.9. The Labute approximate surface area is 373 Å². The largest absolute Gasteiger partial charge is 0.478 e. The van der Waals surface area contributed by atoms with Gasteiger partial charge in [-0.25, -0.2) is 13.8 Å². The molecule has 0 bridgehead atoms. The molecule has 4 amide bonds. The van der Waals surface area contributed by atoms with Gasteiger partial charge in [0.05, 0.1) is 23.7 Å². The number of nitrogens with one attached hydrogen (secondary N) is 3. The zero-order chi connectivity index (χ0) is 45.1. The van der Waals surface area contributed by atoms with Crippen molar-refractivity contribution in [1.82, 2.24) is 35.0 Å². The number of fused-ring (bicyclic) bond motifs is 2. The summed E-state index contributed by atoms with van der Waals surface area (Å²) in [5, 5.41) is 9.15. The van der Waals surface area contributed by atoms with E-state index >= 15 is 8.78 Å². The van der Waals surface area contributed by atoms with Crippen molar-refractivity contribution in [2.45, 2.75) is 70.5 Å². The number of carbonyl (C=O) groups excluding carboxylic acids is 4. The number of hydrogen-bond acceptors (Lipinski definition) is 12. The van der Waals surface area contributed by atoms with Crippen molar-refractivity contribution < 1.29 is 32.7 Å². The number of anilines is 4. The number of aromatic nitrogens is 3. The highest BCUT2D eigenvalue weighted by Crippen LogP contribution is 2.52. The summed E-state index contributed by atoms with van der Waals surface area (Å²) in [5.74, 6) is -3.17. The third-order valence-corrected chi connectivity index (χ3v) is 13.8. The lowest BCUT2D eigenvalue weighted by Gasteiger charge is -2.58. The van der Waals surface area contributed by atoms with Crippen LogP contribution in [0.25, 0.3) is 10.9 Å². The normalized spacial score (nSPS) is 21.0. The average Bonchev–Trinajstić information content (AvgIpc) is 3.59. The van der Waals surface area contributed by atoms with Crippen LogP contribution in [0.3, 0.4) is 0 Å². The summed E-state index contributed by atoms with van der Waals surface area (Å²) >= 11 is 6.59. The Morgan fingerprint density at radius 3 is 2.52 bits per heavy atom. The maximum absolute atomic E-state index is 16.2. The summed E-state index contributed by atoms with van der Waals surface area (Å²) in [5.41, 5.74) is 1.59. The molecule has 5 aliphatic rings. The fourth-order valence-electron chi connectivity index (χ4n) is 10.1. The number of amides is 4. The first-order chi connectivity index (χ1) is 30.6. The maximum Gasteiger partial charge on any atom is 0.293 e. The van der Waals surface area contributed by atoms with Gasteiger partial charge in [-0.3, -0.25) is 29.3 Å². The van der Waals surface area contributed by atoms with Crippen LogP contribution in [0.1, 0.15) is 67.9 Å². The lowest BCUT2D eigenvalue weighted by atomic mass is 9.68. The topological polar surface area (TPSA) is 174 Å². The number of rotatable bonds is 11. The van der Waals surface area contributed by atoms with Crippen LogP contribution in [0.5, 0.6) is 5.75 Å². The van der Waals surface area contributed by atoms with Gasteiger partial charge in [-0.05, 0) is 81.8 Å². The third kappa shape index (κ3) is 7.99.